The van der Waals surface area contributed by atoms with Crippen molar-refractivity contribution in [2.24, 2.45) is 0 Å². The molecule has 0 amide bonds. The Bertz CT molecular complexity index is 1920. The lowest BCUT2D eigenvalue weighted by Crippen LogP contribution is -2.45. The van der Waals surface area contributed by atoms with Crippen molar-refractivity contribution in [3.05, 3.63) is 25.3 Å². The Balaban J connectivity index is 1.14. The van der Waals surface area contributed by atoms with Crippen LogP contribution in [-0.4, -0.2) is 95.0 Å². The van der Waals surface area contributed by atoms with E-state index in [1.807, 2.05) is 0 Å². The summed E-state index contributed by atoms with van der Waals surface area (Å²) in [6, 6.07) is 0. The molecule has 8 heterocycles. The quantitative estimate of drug-likeness (QED) is 0.171. The van der Waals surface area contributed by atoms with E-state index in [4.69, 9.17) is 43.8 Å². The average molecular weight is 705 g/mol. The number of fused-ring (bicyclic) bond motifs is 4. The summed E-state index contributed by atoms with van der Waals surface area (Å²) in [5.74, 6) is 0.218. The first-order valence-corrected chi connectivity index (χ1v) is 18.6. The molecule has 4 aliphatic rings. The molecule has 0 spiro atoms. The van der Waals surface area contributed by atoms with E-state index in [1.165, 1.54) is 34.4 Å². The fourth-order valence-electron chi connectivity index (χ4n) is 5.87. The molecule has 45 heavy (non-hydrogen) atoms. The zero-order chi connectivity index (χ0) is 31.3. The van der Waals surface area contributed by atoms with Gasteiger partial charge in [0.25, 0.3) is 0 Å². The molecule has 4 aromatic heterocycles. The van der Waals surface area contributed by atoms with Gasteiger partial charge in [-0.15, -0.1) is 0 Å². The second-order valence-corrected chi connectivity index (χ2v) is 16.4. The van der Waals surface area contributed by atoms with Crippen LogP contribution in [0.1, 0.15) is 12.5 Å². The Morgan fingerprint density at radius 1 is 0.844 bits per heavy atom. The molecular weight excluding hydrogens is 681 g/mol. The van der Waals surface area contributed by atoms with Crippen molar-refractivity contribution in [2.45, 2.75) is 48.6 Å². The van der Waals surface area contributed by atoms with Crippen LogP contribution in [0, 0.1) is 0 Å². The molecule has 8 rings (SSSR count). The van der Waals surface area contributed by atoms with Gasteiger partial charge in [-0.1, -0.05) is 24.5 Å². The third kappa shape index (κ3) is 4.86. The van der Waals surface area contributed by atoms with E-state index in [2.05, 4.69) is 54.4 Å². The fraction of sp³-hybridized carbons (Fsp3) is 0.524. The van der Waals surface area contributed by atoms with E-state index in [9.17, 15) is 9.13 Å². The Kier molecular flexibility index (Phi) is 6.98. The van der Waals surface area contributed by atoms with Crippen LogP contribution in [0.4, 0.5) is 16.0 Å². The minimum Gasteiger partial charge on any atom is -0.382 e. The van der Waals surface area contributed by atoms with Crippen molar-refractivity contribution < 1.29 is 45.8 Å². The molecule has 4 aromatic rings. The Hall–Kier alpha value is -2.49. The summed E-state index contributed by atoms with van der Waals surface area (Å²) in [6.07, 6.45) is -4.12. The van der Waals surface area contributed by atoms with E-state index in [0.29, 0.717) is 11.2 Å². The molecule has 24 heteroatoms. The molecule has 0 radical (unpaired) electrons. The van der Waals surface area contributed by atoms with Gasteiger partial charge in [0.15, 0.2) is 41.6 Å². The first-order chi connectivity index (χ1) is 21.5. The van der Waals surface area contributed by atoms with Gasteiger partial charge >= 0.3 is 13.6 Å². The van der Waals surface area contributed by atoms with E-state index >= 15 is 4.39 Å². The van der Waals surface area contributed by atoms with E-state index in [-0.39, 0.29) is 29.4 Å². The van der Waals surface area contributed by atoms with Gasteiger partial charge in [0.05, 0.1) is 32.5 Å². The van der Waals surface area contributed by atoms with Crippen molar-refractivity contribution >= 4 is 72.1 Å². The topological polar surface area (TPSA) is 238 Å². The number of alkyl halides is 1. The van der Waals surface area contributed by atoms with Gasteiger partial charge in [-0.2, -0.15) is 0 Å². The minimum absolute atomic E-state index is 0.0739. The van der Waals surface area contributed by atoms with Crippen LogP contribution in [0.2, 0.25) is 0 Å². The standard InChI is InChI=1S/C21H23FN10O9P2S2/c22-9-8-1-36-42(33,44)41-14-13-20(32-7-30-11-16(24)26-5-28-18(11)32)39-21(14,2-35-13)3-37-43(34,45)40-12(9)19(38-8)31-6-29-10-15(23)25-4-27-17(10)31/h4-9,12-14,19-20H,1-3H2,(H,33,44)(H,34,45)(H2,23,25,27)(H2,24,26,28)/t8-,9-,12-,13-,14+,19-,20-,21-,42+,43+/m1/s1. The maximum Gasteiger partial charge on any atom is 0.386 e. The van der Waals surface area contributed by atoms with Gasteiger partial charge in [-0.3, -0.25) is 27.2 Å². The number of aromatic nitrogens is 8. The lowest BCUT2D eigenvalue weighted by Gasteiger charge is -2.32. The second kappa shape index (κ2) is 10.5. The molecule has 10 atom stereocenters. The number of hydrogen-bond donors (Lipinski definition) is 4. The van der Waals surface area contributed by atoms with Crippen molar-refractivity contribution in [1.29, 1.82) is 0 Å². The predicted octanol–water partition coefficient (Wildman–Crippen LogP) is 1.63. The molecule has 0 unspecified atom stereocenters. The van der Waals surface area contributed by atoms with E-state index < -0.39 is 75.5 Å². The summed E-state index contributed by atoms with van der Waals surface area (Å²) >= 11 is 8.28. The molecule has 4 N–H and O–H groups in total. The summed E-state index contributed by atoms with van der Waals surface area (Å²) < 4.78 is 87.1. The molecule has 4 saturated heterocycles. The smallest absolute Gasteiger partial charge is 0.382 e. The third-order valence-electron chi connectivity index (χ3n) is 7.94. The highest BCUT2D eigenvalue weighted by atomic mass is 32.7. The van der Waals surface area contributed by atoms with Gasteiger partial charge in [-0.05, 0) is 0 Å². The molecule has 0 aliphatic carbocycles. The van der Waals surface area contributed by atoms with Gasteiger partial charge in [-0.25, -0.2) is 43.4 Å². The number of rotatable bonds is 2. The Morgan fingerprint density at radius 3 is 2.13 bits per heavy atom. The Labute approximate surface area is 261 Å². The number of imidazole rings is 2. The zero-order valence-corrected chi connectivity index (χ0v) is 26.1. The summed E-state index contributed by atoms with van der Waals surface area (Å²) in [4.78, 5) is 24.7. The summed E-state index contributed by atoms with van der Waals surface area (Å²) in [7, 11) is 0. The van der Waals surface area contributed by atoms with Gasteiger partial charge < -0.3 is 25.7 Å². The molecule has 240 valence electrons. The first-order valence-electron chi connectivity index (χ1n) is 13.2. The van der Waals surface area contributed by atoms with Crippen LogP contribution < -0.4 is 11.5 Å². The van der Waals surface area contributed by atoms with Crippen molar-refractivity contribution in [2.75, 3.05) is 31.3 Å². The zero-order valence-electron chi connectivity index (χ0n) is 22.5. The number of nitrogens with two attached hydrogens (primary N) is 2. The van der Waals surface area contributed by atoms with Crippen LogP contribution in [0.25, 0.3) is 22.3 Å². The summed E-state index contributed by atoms with van der Waals surface area (Å²) in [5, 5.41) is 0. The van der Waals surface area contributed by atoms with Crippen LogP contribution >= 0.6 is 38.1 Å². The highest BCUT2D eigenvalue weighted by Gasteiger charge is 2.66. The molecule has 4 aliphatic heterocycles. The SMILES string of the molecule is Nc1ncnc2c1ncn2[C@@H]1O[C@@H]2CO[P@](=O)(S)O[C@H]3[C@H]4OC[C@]3(CO[P@](=O)(S)O[C@@H]1[C@@H]2F)O[C@H]4n1cnc2c(N)ncnc21. The summed E-state index contributed by atoms with van der Waals surface area (Å²) in [6.45, 7) is -9.90. The highest BCUT2D eigenvalue weighted by molar-refractivity contribution is 8.44. The molecule has 0 aromatic carbocycles. The van der Waals surface area contributed by atoms with E-state index in [1.54, 1.807) is 0 Å². The predicted molar refractivity (Wildman–Crippen MR) is 156 cm³/mol. The average Bonchev–Trinajstić information content (AvgIpc) is 3.80. The van der Waals surface area contributed by atoms with Crippen molar-refractivity contribution in [3.8, 4) is 0 Å². The minimum atomic E-state index is -4.38. The summed E-state index contributed by atoms with van der Waals surface area (Å²) in [5.41, 5.74) is 11.4. The third-order valence-corrected chi connectivity index (χ3v) is 11.1. The van der Waals surface area contributed by atoms with E-state index in [0.717, 1.165) is 0 Å². The molecular formula is C21H23FN10O9P2S2. The highest BCUT2D eigenvalue weighted by Crippen LogP contribution is 2.63. The lowest BCUT2D eigenvalue weighted by atomic mass is 10.0. The maximum absolute atomic E-state index is 15.9. The first kappa shape index (κ1) is 29.9. The molecule has 4 bridgehead atoms. The Morgan fingerprint density at radius 2 is 1.47 bits per heavy atom. The van der Waals surface area contributed by atoms with Gasteiger partial charge in [0.1, 0.15) is 53.7 Å². The molecule has 19 nitrogen and oxygen atoms in total. The van der Waals surface area contributed by atoms with Gasteiger partial charge in [0.2, 0.25) is 0 Å². The fourth-order valence-corrected chi connectivity index (χ4v) is 8.84. The number of nitrogen functional groups attached to an aromatic ring is 2. The number of halogens is 1. The monoisotopic (exact) mass is 704 g/mol. The van der Waals surface area contributed by atoms with Crippen LogP contribution in [0.5, 0.6) is 0 Å². The largest absolute Gasteiger partial charge is 0.386 e. The van der Waals surface area contributed by atoms with Crippen molar-refractivity contribution in [3.63, 3.8) is 0 Å². The normalized spacial score (nSPS) is 40.3. The maximum atomic E-state index is 15.9. The van der Waals surface area contributed by atoms with Crippen LogP contribution in [0.3, 0.4) is 0 Å². The molecule has 4 fully saturated rings. The second-order valence-electron chi connectivity index (χ2n) is 10.6. The number of anilines is 2. The lowest BCUT2D eigenvalue weighted by molar-refractivity contribution is -0.182. The van der Waals surface area contributed by atoms with Crippen molar-refractivity contribution in [1.82, 2.24) is 39.0 Å². The van der Waals surface area contributed by atoms with Gasteiger partial charge in [0, 0.05) is 0 Å². The number of thiol groups is 2. The van der Waals surface area contributed by atoms with Crippen LogP contribution in [0.15, 0.2) is 25.3 Å². The molecule has 0 saturated carbocycles. The number of nitrogens with zero attached hydrogens (tertiary/aromatic N) is 8. The number of ether oxygens (including phenoxy) is 3. The van der Waals surface area contributed by atoms with Crippen LogP contribution in [-0.2, 0) is 41.4 Å². The number of hydrogen-bond acceptors (Lipinski definition) is 17.